The Labute approximate surface area is 158 Å². The summed E-state index contributed by atoms with van der Waals surface area (Å²) in [5, 5.41) is 12.2. The fourth-order valence-corrected chi connectivity index (χ4v) is 2.77. The smallest absolute Gasteiger partial charge is 0.315 e. The van der Waals surface area contributed by atoms with E-state index in [1.807, 2.05) is 48.5 Å². The van der Waals surface area contributed by atoms with E-state index in [9.17, 15) is 0 Å². The number of nitrogens with one attached hydrogen (secondary N) is 1. The maximum Gasteiger partial charge on any atom is 0.315 e. The highest BCUT2D eigenvalue weighted by atomic mass is 35.5. The topological polar surface area (TPSA) is 60.2 Å². The predicted molar refractivity (Wildman–Crippen MR) is 103 cm³/mol. The molecule has 0 aliphatic rings. The van der Waals surface area contributed by atoms with Crippen LogP contribution in [0.3, 0.4) is 0 Å². The first-order chi connectivity index (χ1) is 12.5. The molecule has 1 N–H and O–H groups in total. The van der Waals surface area contributed by atoms with Gasteiger partial charge in [0.2, 0.25) is 5.89 Å². The molecule has 26 heavy (non-hydrogen) atoms. The van der Waals surface area contributed by atoms with Gasteiger partial charge in [-0.15, -0.1) is 5.10 Å². The zero-order valence-corrected chi connectivity index (χ0v) is 15.9. The summed E-state index contributed by atoms with van der Waals surface area (Å²) in [6.45, 7) is 4.81. The maximum atomic E-state index is 5.90. The van der Waals surface area contributed by atoms with Gasteiger partial charge in [-0.2, -0.15) is 0 Å². The minimum atomic E-state index is -0.393. The van der Waals surface area contributed by atoms with E-state index in [-0.39, 0.29) is 0 Å². The molecule has 0 radical (unpaired) electrons. The van der Waals surface area contributed by atoms with Crippen molar-refractivity contribution in [3.63, 3.8) is 0 Å². The Hall–Kier alpha value is -2.53. The molecule has 6 heteroatoms. The first kappa shape index (κ1) is 18.3. The van der Waals surface area contributed by atoms with Crippen LogP contribution in [-0.4, -0.2) is 23.9 Å². The van der Waals surface area contributed by atoms with Crippen LogP contribution in [0.1, 0.15) is 30.9 Å². The van der Waals surface area contributed by atoms with Crippen LogP contribution in [0.2, 0.25) is 5.02 Å². The number of hydrogen-bond donors (Lipinski definition) is 1. The first-order valence-corrected chi connectivity index (χ1v) is 8.83. The number of hydrogen-bond acceptors (Lipinski definition) is 5. The van der Waals surface area contributed by atoms with Gasteiger partial charge in [-0.1, -0.05) is 41.0 Å². The van der Waals surface area contributed by atoms with Gasteiger partial charge in [0.1, 0.15) is 5.75 Å². The van der Waals surface area contributed by atoms with Gasteiger partial charge in [0.15, 0.2) is 0 Å². The number of methoxy groups -OCH3 is 1. The number of anilines is 1. The van der Waals surface area contributed by atoms with Crippen molar-refractivity contribution in [2.45, 2.75) is 25.7 Å². The minimum Gasteiger partial charge on any atom is -0.497 e. The normalized spacial score (nSPS) is 11.4. The molecule has 0 aliphatic heterocycles. The van der Waals surface area contributed by atoms with E-state index in [1.54, 1.807) is 7.11 Å². The molecule has 5 nitrogen and oxygen atoms in total. The quantitative estimate of drug-likeness (QED) is 0.651. The summed E-state index contributed by atoms with van der Waals surface area (Å²) in [5.41, 5.74) is 1.88. The van der Waals surface area contributed by atoms with Gasteiger partial charge in [0.25, 0.3) is 0 Å². The van der Waals surface area contributed by atoms with Crippen LogP contribution in [0.5, 0.6) is 5.75 Å². The third-order valence-corrected chi connectivity index (χ3v) is 4.63. The second-order valence-corrected chi connectivity index (χ2v) is 7.01. The van der Waals surface area contributed by atoms with Crippen molar-refractivity contribution in [1.82, 2.24) is 10.2 Å². The predicted octanol–water partition coefficient (Wildman–Crippen LogP) is 4.71. The van der Waals surface area contributed by atoms with Crippen LogP contribution < -0.4 is 10.1 Å². The summed E-state index contributed by atoms with van der Waals surface area (Å²) >= 11 is 5.90. The Balaban J connectivity index is 1.63. The molecular weight excluding hydrogens is 350 g/mol. The number of nitrogens with zero attached hydrogens (tertiary/aromatic N) is 2. The summed E-state index contributed by atoms with van der Waals surface area (Å²) in [6.07, 6.45) is 0.844. The van der Waals surface area contributed by atoms with E-state index in [0.29, 0.717) is 18.5 Å². The van der Waals surface area contributed by atoms with Crippen molar-refractivity contribution in [3.05, 3.63) is 70.6 Å². The lowest BCUT2D eigenvalue weighted by atomic mass is 9.84. The number of benzene rings is 2. The Morgan fingerprint density at radius 2 is 1.73 bits per heavy atom. The van der Waals surface area contributed by atoms with E-state index in [0.717, 1.165) is 22.8 Å². The number of halogens is 1. The highest BCUT2D eigenvalue weighted by molar-refractivity contribution is 6.30. The lowest BCUT2D eigenvalue weighted by molar-refractivity contribution is 0.410. The zero-order chi connectivity index (χ0) is 18.6. The minimum absolute atomic E-state index is 0.393. The fraction of sp³-hybridized carbons (Fsp3) is 0.300. The molecule has 1 aromatic heterocycles. The number of ether oxygens (including phenoxy) is 1. The van der Waals surface area contributed by atoms with Crippen LogP contribution >= 0.6 is 11.6 Å². The van der Waals surface area contributed by atoms with Gasteiger partial charge < -0.3 is 14.5 Å². The van der Waals surface area contributed by atoms with Crippen LogP contribution in [0.15, 0.2) is 52.9 Å². The van der Waals surface area contributed by atoms with E-state index in [4.69, 9.17) is 20.8 Å². The fourth-order valence-electron chi connectivity index (χ4n) is 2.64. The zero-order valence-electron chi connectivity index (χ0n) is 15.1. The van der Waals surface area contributed by atoms with Crippen molar-refractivity contribution in [2.75, 3.05) is 19.0 Å². The van der Waals surface area contributed by atoms with Gasteiger partial charge >= 0.3 is 6.01 Å². The molecule has 0 bridgehead atoms. The average Bonchev–Trinajstić information content (AvgIpc) is 3.13. The van der Waals surface area contributed by atoms with Crippen molar-refractivity contribution < 1.29 is 9.15 Å². The second kappa shape index (κ2) is 7.79. The second-order valence-electron chi connectivity index (χ2n) is 6.57. The van der Waals surface area contributed by atoms with Crippen molar-refractivity contribution in [2.24, 2.45) is 0 Å². The Morgan fingerprint density at radius 3 is 2.38 bits per heavy atom. The number of rotatable bonds is 7. The molecule has 136 valence electrons. The van der Waals surface area contributed by atoms with Crippen molar-refractivity contribution in [1.29, 1.82) is 0 Å². The molecule has 3 aromatic rings. The van der Waals surface area contributed by atoms with Gasteiger partial charge in [0, 0.05) is 11.6 Å². The molecule has 0 spiro atoms. The Bertz CT molecular complexity index is 842. The molecule has 0 saturated carbocycles. The van der Waals surface area contributed by atoms with Crippen molar-refractivity contribution in [3.8, 4) is 5.75 Å². The Morgan fingerprint density at radius 1 is 1.04 bits per heavy atom. The monoisotopic (exact) mass is 371 g/mol. The van der Waals surface area contributed by atoms with Gasteiger partial charge in [-0.25, -0.2) is 0 Å². The largest absolute Gasteiger partial charge is 0.497 e. The third-order valence-electron chi connectivity index (χ3n) is 4.37. The van der Waals surface area contributed by atoms with E-state index < -0.39 is 5.41 Å². The van der Waals surface area contributed by atoms with Crippen LogP contribution in [0.25, 0.3) is 0 Å². The molecule has 0 unspecified atom stereocenters. The molecule has 0 atom stereocenters. The van der Waals surface area contributed by atoms with E-state index in [2.05, 4.69) is 29.4 Å². The summed E-state index contributed by atoms with van der Waals surface area (Å²) < 4.78 is 11.0. The molecule has 2 aromatic carbocycles. The highest BCUT2D eigenvalue weighted by Gasteiger charge is 2.29. The maximum absolute atomic E-state index is 5.90. The lowest BCUT2D eigenvalue weighted by Gasteiger charge is -2.20. The van der Waals surface area contributed by atoms with E-state index in [1.165, 1.54) is 5.56 Å². The van der Waals surface area contributed by atoms with Crippen molar-refractivity contribution >= 4 is 17.6 Å². The molecule has 0 fully saturated rings. The highest BCUT2D eigenvalue weighted by Crippen LogP contribution is 2.32. The van der Waals surface area contributed by atoms with Crippen LogP contribution in [0, 0.1) is 0 Å². The average molecular weight is 372 g/mol. The summed E-state index contributed by atoms with van der Waals surface area (Å²) in [5.74, 6) is 1.39. The standard InChI is InChI=1S/C20H22ClN3O2/c1-20(2,15-6-10-17(25-3)11-7-15)18-23-24-19(26-18)22-13-12-14-4-8-16(21)9-5-14/h4-11H,12-13H2,1-3H3,(H,22,24). The van der Waals surface area contributed by atoms with Gasteiger partial charge in [-0.05, 0) is 55.7 Å². The van der Waals surface area contributed by atoms with Gasteiger partial charge in [-0.3, -0.25) is 0 Å². The number of aromatic nitrogens is 2. The third kappa shape index (κ3) is 4.17. The van der Waals surface area contributed by atoms with Gasteiger partial charge in [0.05, 0.1) is 12.5 Å². The summed E-state index contributed by atoms with van der Waals surface area (Å²) in [6, 6.07) is 16.1. The molecule has 0 aliphatic carbocycles. The molecule has 1 heterocycles. The summed E-state index contributed by atoms with van der Waals surface area (Å²) in [7, 11) is 1.65. The molecule has 0 saturated heterocycles. The summed E-state index contributed by atoms with van der Waals surface area (Å²) in [4.78, 5) is 0. The Kier molecular flexibility index (Phi) is 5.47. The SMILES string of the molecule is COc1ccc(C(C)(C)c2nnc(NCCc3ccc(Cl)cc3)o2)cc1. The first-order valence-electron chi connectivity index (χ1n) is 8.46. The molecule has 0 amide bonds. The van der Waals surface area contributed by atoms with Crippen LogP contribution in [0.4, 0.5) is 6.01 Å². The van der Waals surface area contributed by atoms with Crippen LogP contribution in [-0.2, 0) is 11.8 Å². The molecular formula is C20H22ClN3O2. The van der Waals surface area contributed by atoms with E-state index >= 15 is 0 Å². The lowest BCUT2D eigenvalue weighted by Crippen LogP contribution is -2.19. The molecule has 3 rings (SSSR count).